The van der Waals surface area contributed by atoms with Gasteiger partial charge in [-0.3, -0.25) is 0 Å². The molecule has 2 heterocycles. The minimum absolute atomic E-state index is 0.0971. The summed E-state index contributed by atoms with van der Waals surface area (Å²) in [5.41, 5.74) is 0.924. The second-order valence-corrected chi connectivity index (χ2v) is 7.54. The first kappa shape index (κ1) is 15.8. The maximum Gasteiger partial charge on any atom is 0.136 e. The van der Waals surface area contributed by atoms with Gasteiger partial charge in [0, 0.05) is 36.7 Å². The number of nitrogens with zero attached hydrogens (tertiary/aromatic N) is 2. The zero-order valence-electron chi connectivity index (χ0n) is 14.5. The molecule has 4 heteroatoms. The van der Waals surface area contributed by atoms with E-state index in [9.17, 15) is 10.2 Å². The molecule has 0 radical (unpaired) electrons. The van der Waals surface area contributed by atoms with Crippen LogP contribution in [0.15, 0.2) is 66.9 Å². The molecule has 5 rings (SSSR count). The van der Waals surface area contributed by atoms with E-state index in [4.69, 9.17) is 0 Å². The highest BCUT2D eigenvalue weighted by Crippen LogP contribution is 2.69. The van der Waals surface area contributed by atoms with Gasteiger partial charge in [0.1, 0.15) is 5.82 Å². The molecule has 0 amide bonds. The van der Waals surface area contributed by atoms with Crippen LogP contribution in [0.5, 0.6) is 0 Å². The van der Waals surface area contributed by atoms with Gasteiger partial charge >= 0.3 is 0 Å². The van der Waals surface area contributed by atoms with Gasteiger partial charge in [0.25, 0.3) is 0 Å². The van der Waals surface area contributed by atoms with Gasteiger partial charge in [-0.2, -0.15) is 0 Å². The monoisotopic (exact) mass is 346 g/mol. The number of rotatable bonds is 3. The SMILES string of the molecule is OC[C@@H]1[C@@H](c2ccccc2)[C@]12CN(c1nccc3ccccc13)C[C@@H]2O. The summed E-state index contributed by atoms with van der Waals surface area (Å²) < 4.78 is 0. The van der Waals surface area contributed by atoms with Crippen LogP contribution in [0.3, 0.4) is 0 Å². The molecule has 1 spiro atoms. The number of hydrogen-bond acceptors (Lipinski definition) is 4. The van der Waals surface area contributed by atoms with Crippen molar-refractivity contribution in [2.45, 2.75) is 12.0 Å². The molecule has 2 fully saturated rings. The molecule has 3 aromatic rings. The molecule has 0 unspecified atom stereocenters. The molecular weight excluding hydrogens is 324 g/mol. The van der Waals surface area contributed by atoms with Crippen LogP contribution in [0, 0.1) is 11.3 Å². The summed E-state index contributed by atoms with van der Waals surface area (Å²) in [7, 11) is 0. The molecule has 4 atom stereocenters. The van der Waals surface area contributed by atoms with E-state index in [-0.39, 0.29) is 23.9 Å². The van der Waals surface area contributed by atoms with Gasteiger partial charge in [0.05, 0.1) is 6.10 Å². The van der Waals surface area contributed by atoms with Crippen LogP contribution in [-0.2, 0) is 0 Å². The Labute approximate surface area is 152 Å². The summed E-state index contributed by atoms with van der Waals surface area (Å²) in [6.45, 7) is 1.38. The predicted molar refractivity (Wildman–Crippen MR) is 102 cm³/mol. The third-order valence-electron chi connectivity index (χ3n) is 6.35. The van der Waals surface area contributed by atoms with Gasteiger partial charge in [-0.25, -0.2) is 4.98 Å². The van der Waals surface area contributed by atoms with Crippen LogP contribution in [0.25, 0.3) is 10.8 Å². The highest BCUT2D eigenvalue weighted by Gasteiger charge is 2.71. The van der Waals surface area contributed by atoms with Gasteiger partial charge in [-0.15, -0.1) is 0 Å². The number of hydrogen-bond donors (Lipinski definition) is 2. The number of β-amino-alcohol motifs (C(OH)–C–C–N with tert-alkyl or cyclic N) is 1. The molecule has 26 heavy (non-hydrogen) atoms. The number of anilines is 1. The van der Waals surface area contributed by atoms with E-state index in [0.29, 0.717) is 6.54 Å². The lowest BCUT2D eigenvalue weighted by molar-refractivity contribution is 0.113. The second-order valence-electron chi connectivity index (χ2n) is 7.54. The zero-order valence-corrected chi connectivity index (χ0v) is 14.5. The summed E-state index contributed by atoms with van der Waals surface area (Å²) in [5, 5.41) is 23.2. The van der Waals surface area contributed by atoms with Gasteiger partial charge in [0.15, 0.2) is 0 Å². The standard InChI is InChI=1S/C22H22N2O2/c25-13-18-20(16-7-2-1-3-8-16)22(18)14-24(12-19(22)26)21-17-9-5-4-6-15(17)10-11-23-21/h1-11,18-20,25-26H,12-14H2/t18-,19+,20-,22-/m1/s1. The smallest absolute Gasteiger partial charge is 0.136 e. The minimum Gasteiger partial charge on any atom is -0.396 e. The first-order valence-electron chi connectivity index (χ1n) is 9.18. The Hall–Kier alpha value is -2.43. The molecule has 1 saturated heterocycles. The minimum atomic E-state index is -0.467. The van der Waals surface area contributed by atoms with Crippen LogP contribution in [-0.4, -0.2) is 41.0 Å². The Morgan fingerprint density at radius 3 is 2.62 bits per heavy atom. The Balaban J connectivity index is 1.52. The van der Waals surface area contributed by atoms with Crippen LogP contribution in [0.4, 0.5) is 5.82 Å². The molecular formula is C22H22N2O2. The molecule has 132 valence electrons. The maximum atomic E-state index is 11.0. The number of pyridine rings is 1. The average molecular weight is 346 g/mol. The molecule has 1 aromatic heterocycles. The fourth-order valence-electron chi connectivity index (χ4n) is 5.09. The Morgan fingerprint density at radius 1 is 1.04 bits per heavy atom. The quantitative estimate of drug-likeness (QED) is 0.766. The predicted octanol–water partition coefficient (Wildman–Crippen LogP) is 2.81. The average Bonchev–Trinajstić information content (AvgIpc) is 3.23. The fourth-order valence-corrected chi connectivity index (χ4v) is 5.09. The number of aromatic nitrogens is 1. The molecule has 1 aliphatic heterocycles. The molecule has 2 aromatic carbocycles. The third-order valence-corrected chi connectivity index (χ3v) is 6.35. The summed E-state index contributed by atoms with van der Waals surface area (Å²) >= 11 is 0. The Bertz CT molecular complexity index is 940. The zero-order chi connectivity index (χ0) is 17.7. The van der Waals surface area contributed by atoms with Crippen LogP contribution < -0.4 is 4.90 Å². The van der Waals surface area contributed by atoms with Crippen molar-refractivity contribution in [1.29, 1.82) is 0 Å². The van der Waals surface area contributed by atoms with Crippen LogP contribution >= 0.6 is 0 Å². The van der Waals surface area contributed by atoms with Crippen molar-refractivity contribution in [2.24, 2.45) is 11.3 Å². The van der Waals surface area contributed by atoms with Crippen molar-refractivity contribution in [3.05, 3.63) is 72.4 Å². The Morgan fingerprint density at radius 2 is 1.81 bits per heavy atom. The van der Waals surface area contributed by atoms with Crippen molar-refractivity contribution in [2.75, 3.05) is 24.6 Å². The first-order valence-corrected chi connectivity index (χ1v) is 9.18. The van der Waals surface area contributed by atoms with E-state index in [1.54, 1.807) is 0 Å². The number of fused-ring (bicyclic) bond motifs is 1. The van der Waals surface area contributed by atoms with E-state index in [1.165, 1.54) is 5.56 Å². The first-order chi connectivity index (χ1) is 12.8. The largest absolute Gasteiger partial charge is 0.396 e. The van der Waals surface area contributed by atoms with Gasteiger partial charge in [0.2, 0.25) is 0 Å². The number of aliphatic hydroxyl groups is 2. The van der Waals surface area contributed by atoms with Crippen molar-refractivity contribution < 1.29 is 10.2 Å². The molecule has 1 saturated carbocycles. The Kier molecular flexibility index (Phi) is 3.52. The van der Waals surface area contributed by atoms with Gasteiger partial charge in [-0.1, -0.05) is 54.6 Å². The van der Waals surface area contributed by atoms with E-state index < -0.39 is 6.10 Å². The molecule has 0 bridgehead atoms. The topological polar surface area (TPSA) is 56.6 Å². The van der Waals surface area contributed by atoms with Crippen molar-refractivity contribution in [3.8, 4) is 0 Å². The second kappa shape index (κ2) is 5.79. The van der Waals surface area contributed by atoms with Crippen molar-refractivity contribution in [3.63, 3.8) is 0 Å². The van der Waals surface area contributed by atoms with E-state index >= 15 is 0 Å². The lowest BCUT2D eigenvalue weighted by Gasteiger charge is -2.19. The van der Waals surface area contributed by atoms with Crippen molar-refractivity contribution in [1.82, 2.24) is 4.98 Å². The summed E-state index contributed by atoms with van der Waals surface area (Å²) in [6.07, 6.45) is 1.37. The lowest BCUT2D eigenvalue weighted by atomic mass is 9.95. The molecule has 1 aliphatic carbocycles. The van der Waals surface area contributed by atoms with E-state index in [0.717, 1.165) is 23.1 Å². The highest BCUT2D eigenvalue weighted by molar-refractivity contribution is 5.92. The highest BCUT2D eigenvalue weighted by atomic mass is 16.3. The van der Waals surface area contributed by atoms with Crippen LogP contribution in [0.2, 0.25) is 0 Å². The van der Waals surface area contributed by atoms with Gasteiger partial charge in [-0.05, 0) is 28.9 Å². The summed E-state index contributed by atoms with van der Waals surface area (Å²) in [6, 6.07) is 20.5. The van der Waals surface area contributed by atoms with E-state index in [1.807, 2.05) is 42.6 Å². The third kappa shape index (κ3) is 2.12. The number of benzene rings is 2. The normalized spacial score (nSPS) is 30.2. The fraction of sp³-hybridized carbons (Fsp3) is 0.318. The van der Waals surface area contributed by atoms with Gasteiger partial charge < -0.3 is 15.1 Å². The summed E-state index contributed by atoms with van der Waals surface area (Å²) in [4.78, 5) is 6.81. The number of aliphatic hydroxyl groups excluding tert-OH is 2. The maximum absolute atomic E-state index is 11.0. The molecule has 2 N–H and O–H groups in total. The molecule has 2 aliphatic rings. The van der Waals surface area contributed by atoms with Crippen LogP contribution in [0.1, 0.15) is 11.5 Å². The van der Waals surface area contributed by atoms with E-state index in [2.05, 4.69) is 34.1 Å². The lowest BCUT2D eigenvalue weighted by Crippen LogP contribution is -2.23. The summed E-state index contributed by atoms with van der Waals surface area (Å²) in [5.74, 6) is 1.22. The molecule has 4 nitrogen and oxygen atoms in total. The van der Waals surface area contributed by atoms with Crippen molar-refractivity contribution >= 4 is 16.6 Å².